The van der Waals surface area contributed by atoms with Gasteiger partial charge in [0, 0.05) is 11.8 Å². The zero-order chi connectivity index (χ0) is 26.1. The van der Waals surface area contributed by atoms with Crippen LogP contribution in [0.4, 0.5) is 0 Å². The van der Waals surface area contributed by atoms with E-state index in [0.29, 0.717) is 6.29 Å². The van der Waals surface area contributed by atoms with E-state index in [0.717, 1.165) is 11.1 Å². The van der Waals surface area contributed by atoms with Crippen LogP contribution in [0.15, 0.2) is 35.2 Å². The topological polar surface area (TPSA) is 168 Å². The van der Waals surface area contributed by atoms with Gasteiger partial charge in [0.05, 0.1) is 30.3 Å². The molecule has 0 aliphatic carbocycles. The minimum absolute atomic E-state index is 0.0482. The lowest BCUT2D eigenvalue weighted by atomic mass is 9.55. The van der Waals surface area contributed by atoms with Gasteiger partial charge in [-0.2, -0.15) is 21.0 Å². The first-order valence-electron chi connectivity index (χ1n) is 10.2. The molecule has 0 fully saturated rings. The number of carbonyl (C=O) groups excluding carboxylic acids is 3. The molecule has 0 saturated heterocycles. The van der Waals surface area contributed by atoms with Gasteiger partial charge in [0.15, 0.2) is 6.29 Å². The van der Waals surface area contributed by atoms with Crippen molar-refractivity contribution in [1.82, 2.24) is 4.90 Å². The Kier molecular flexibility index (Phi) is 6.46. The molecule has 2 rings (SSSR count). The lowest BCUT2D eigenvalue weighted by molar-refractivity contribution is -0.157. The molecular weight excluding hydrogens is 438 g/mol. The predicted molar refractivity (Wildman–Crippen MR) is 115 cm³/mol. The Morgan fingerprint density at radius 3 is 1.85 bits per heavy atom. The molecule has 2 aliphatic heterocycles. The highest BCUT2D eigenvalue weighted by atomic mass is 16.6. The first kappa shape index (κ1) is 25.8. The number of hydrogen-bond acceptors (Lipinski definition) is 10. The Morgan fingerprint density at radius 1 is 0.941 bits per heavy atom. The highest BCUT2D eigenvalue weighted by Crippen LogP contribution is 2.55. The molecule has 0 aromatic heterocycles. The molecule has 10 heteroatoms. The van der Waals surface area contributed by atoms with Crippen molar-refractivity contribution < 1.29 is 23.9 Å². The molecule has 10 nitrogen and oxygen atoms in total. The van der Waals surface area contributed by atoms with Crippen LogP contribution in [0.5, 0.6) is 0 Å². The average molecular weight is 461 g/mol. The highest BCUT2D eigenvalue weighted by molar-refractivity contribution is 6.04. The van der Waals surface area contributed by atoms with Crippen LogP contribution < -0.4 is 0 Å². The molecule has 0 radical (unpaired) electrons. The molecule has 0 saturated carbocycles. The highest BCUT2D eigenvalue weighted by Gasteiger charge is 2.69. The summed E-state index contributed by atoms with van der Waals surface area (Å²) in [6, 6.07) is 5.42. The standard InChI is InChI=1S/C24H23N5O5/c1-21(2,3)33-19(31)17-18(20(32)34-22(4,5)6)29-9-15(10-30)7-8-16(29)23(11-25,12-26)24(17,13-27)14-28/h7-10,16H,1-6H3. The van der Waals surface area contributed by atoms with E-state index >= 15 is 0 Å². The van der Waals surface area contributed by atoms with Crippen molar-refractivity contribution >= 4 is 18.2 Å². The molecule has 0 aromatic carbocycles. The number of rotatable bonds is 3. The third-order valence-electron chi connectivity index (χ3n) is 4.98. The Hall–Kier alpha value is -4.41. The number of ether oxygens (including phenoxy) is 2. The van der Waals surface area contributed by atoms with Crippen LogP contribution in [-0.2, 0) is 23.9 Å². The zero-order valence-corrected chi connectivity index (χ0v) is 19.7. The minimum Gasteiger partial charge on any atom is -0.456 e. The molecule has 0 amide bonds. The maximum Gasteiger partial charge on any atom is 0.356 e. The number of aldehydes is 1. The number of esters is 2. The lowest BCUT2D eigenvalue weighted by Gasteiger charge is -2.48. The van der Waals surface area contributed by atoms with Crippen LogP contribution in [0.3, 0.4) is 0 Å². The summed E-state index contributed by atoms with van der Waals surface area (Å²) < 4.78 is 10.9. The molecule has 1 unspecified atom stereocenters. The van der Waals surface area contributed by atoms with Crippen molar-refractivity contribution in [1.29, 1.82) is 21.0 Å². The summed E-state index contributed by atoms with van der Waals surface area (Å²) in [5, 5.41) is 40.6. The summed E-state index contributed by atoms with van der Waals surface area (Å²) in [5.41, 5.74) is -8.71. The third kappa shape index (κ3) is 4.03. The summed E-state index contributed by atoms with van der Waals surface area (Å²) in [4.78, 5) is 39.4. The molecular formula is C24H23N5O5. The van der Waals surface area contributed by atoms with E-state index in [1.807, 2.05) is 0 Å². The molecule has 0 aromatic rings. The number of nitrogens with zero attached hydrogens (tertiary/aromatic N) is 5. The first-order valence-corrected chi connectivity index (χ1v) is 10.2. The van der Waals surface area contributed by atoms with Gasteiger partial charge >= 0.3 is 11.9 Å². The summed E-state index contributed by atoms with van der Waals surface area (Å²) in [5.74, 6) is -2.35. The largest absolute Gasteiger partial charge is 0.456 e. The minimum atomic E-state index is -2.73. The Bertz CT molecular complexity index is 1170. The molecule has 34 heavy (non-hydrogen) atoms. The normalized spacial score (nSPS) is 20.4. The van der Waals surface area contributed by atoms with Crippen molar-refractivity contribution in [2.75, 3.05) is 0 Å². The Balaban J connectivity index is 3.13. The molecule has 0 N–H and O–H groups in total. The number of hydrogen-bond donors (Lipinski definition) is 0. The van der Waals surface area contributed by atoms with Crippen molar-refractivity contribution in [3.63, 3.8) is 0 Å². The molecule has 174 valence electrons. The zero-order valence-electron chi connectivity index (χ0n) is 19.7. The van der Waals surface area contributed by atoms with E-state index in [2.05, 4.69) is 0 Å². The van der Waals surface area contributed by atoms with E-state index in [9.17, 15) is 35.4 Å². The second-order valence-corrected chi connectivity index (χ2v) is 9.69. The van der Waals surface area contributed by atoms with Gasteiger partial charge in [-0.3, -0.25) is 4.79 Å². The van der Waals surface area contributed by atoms with E-state index < -0.39 is 51.3 Å². The van der Waals surface area contributed by atoms with Crippen LogP contribution in [-0.4, -0.2) is 40.4 Å². The third-order valence-corrected chi connectivity index (χ3v) is 4.98. The molecule has 0 bridgehead atoms. The van der Waals surface area contributed by atoms with E-state index in [1.54, 1.807) is 45.0 Å². The van der Waals surface area contributed by atoms with Gasteiger partial charge in [0.2, 0.25) is 10.8 Å². The Morgan fingerprint density at radius 2 is 1.44 bits per heavy atom. The fraction of sp³-hybridized carbons (Fsp3) is 0.458. The number of nitriles is 4. The quantitative estimate of drug-likeness (QED) is 0.449. The van der Waals surface area contributed by atoms with E-state index in [1.165, 1.54) is 32.9 Å². The first-order chi connectivity index (χ1) is 15.7. The Labute approximate surface area is 197 Å². The second-order valence-electron chi connectivity index (χ2n) is 9.69. The van der Waals surface area contributed by atoms with Crippen LogP contribution in [0.2, 0.25) is 0 Å². The van der Waals surface area contributed by atoms with Gasteiger partial charge < -0.3 is 14.4 Å². The maximum atomic E-state index is 13.4. The van der Waals surface area contributed by atoms with Crippen molar-refractivity contribution in [3.05, 3.63) is 35.2 Å². The van der Waals surface area contributed by atoms with Gasteiger partial charge in [0.25, 0.3) is 0 Å². The number of fused-ring (bicyclic) bond motifs is 1. The molecule has 1 atom stereocenters. The van der Waals surface area contributed by atoms with Gasteiger partial charge in [-0.05, 0) is 41.5 Å². The van der Waals surface area contributed by atoms with Crippen LogP contribution in [0.25, 0.3) is 0 Å². The fourth-order valence-electron chi connectivity index (χ4n) is 3.68. The average Bonchev–Trinajstić information content (AvgIpc) is 2.74. The second kappa shape index (κ2) is 8.50. The van der Waals surface area contributed by atoms with Crippen molar-refractivity contribution in [2.24, 2.45) is 10.8 Å². The van der Waals surface area contributed by atoms with E-state index in [4.69, 9.17) is 9.47 Å². The fourth-order valence-corrected chi connectivity index (χ4v) is 3.68. The smallest absolute Gasteiger partial charge is 0.356 e. The maximum absolute atomic E-state index is 13.4. The summed E-state index contributed by atoms with van der Waals surface area (Å²) in [6.07, 6.45) is 4.17. The number of allylic oxidation sites excluding steroid dienone is 2. The van der Waals surface area contributed by atoms with Crippen LogP contribution >= 0.6 is 0 Å². The van der Waals surface area contributed by atoms with Gasteiger partial charge in [-0.25, -0.2) is 9.59 Å². The van der Waals surface area contributed by atoms with Gasteiger partial charge in [-0.15, -0.1) is 0 Å². The summed E-state index contributed by atoms with van der Waals surface area (Å²) in [7, 11) is 0. The number of carbonyl (C=O) groups is 3. The van der Waals surface area contributed by atoms with E-state index in [-0.39, 0.29) is 5.57 Å². The summed E-state index contributed by atoms with van der Waals surface area (Å²) in [6.45, 7) is 9.29. The molecule has 0 spiro atoms. The molecule has 2 aliphatic rings. The van der Waals surface area contributed by atoms with Crippen LogP contribution in [0, 0.1) is 56.2 Å². The van der Waals surface area contributed by atoms with Crippen LogP contribution in [0.1, 0.15) is 41.5 Å². The predicted octanol–water partition coefficient (Wildman–Crippen LogP) is 2.33. The monoisotopic (exact) mass is 461 g/mol. The van der Waals surface area contributed by atoms with Gasteiger partial charge in [-0.1, -0.05) is 12.2 Å². The van der Waals surface area contributed by atoms with Gasteiger partial charge in [0.1, 0.15) is 22.5 Å². The molecule has 2 heterocycles. The SMILES string of the molecule is CC(C)(C)OC(=O)C1=C(C(=O)OC(C)(C)C)C(C#N)(C#N)C(C#N)(C#N)C2C=CC(C=O)=CN12. The van der Waals surface area contributed by atoms with Crippen molar-refractivity contribution in [2.45, 2.75) is 58.8 Å². The van der Waals surface area contributed by atoms with Crippen molar-refractivity contribution in [3.8, 4) is 24.3 Å². The summed E-state index contributed by atoms with van der Waals surface area (Å²) >= 11 is 0. The lowest BCUT2D eigenvalue weighted by Crippen LogP contribution is -2.60.